The van der Waals surface area contributed by atoms with E-state index in [0.29, 0.717) is 36.4 Å². The van der Waals surface area contributed by atoms with Gasteiger partial charge in [0.25, 0.3) is 0 Å². The first-order chi connectivity index (χ1) is 17.6. The molecule has 1 unspecified atom stereocenters. The minimum atomic E-state index is -0.0348. The lowest BCUT2D eigenvalue weighted by Crippen LogP contribution is -2.42. The third kappa shape index (κ3) is 6.72. The monoisotopic (exact) mass is 507 g/mol. The molecule has 3 heterocycles. The predicted molar refractivity (Wildman–Crippen MR) is 140 cm³/mol. The van der Waals surface area contributed by atoms with Crippen molar-refractivity contribution in [3.63, 3.8) is 0 Å². The molecule has 190 valence electrons. The van der Waals surface area contributed by atoms with Gasteiger partial charge in [0.1, 0.15) is 0 Å². The number of nitrogens with zero attached hydrogens (tertiary/aromatic N) is 4. The number of amides is 1. The molecular formula is C28H34ClN5O2. The molecule has 0 radical (unpaired) electrons. The number of nitrogens with one attached hydrogen (secondary N) is 1. The van der Waals surface area contributed by atoms with Gasteiger partial charge in [-0.3, -0.25) is 14.6 Å². The van der Waals surface area contributed by atoms with Crippen LogP contribution in [0.15, 0.2) is 53.1 Å². The second kappa shape index (κ2) is 12.0. The Balaban J connectivity index is 1.09. The first-order valence-corrected chi connectivity index (χ1v) is 13.4. The summed E-state index contributed by atoms with van der Waals surface area (Å²) in [7, 11) is 0. The Hall–Kier alpha value is -2.74. The van der Waals surface area contributed by atoms with Crippen LogP contribution in [0.25, 0.3) is 11.4 Å². The summed E-state index contributed by atoms with van der Waals surface area (Å²) in [5, 5.41) is 7.88. The number of likely N-dealkylation sites (tertiary alicyclic amines) is 2. The SMILES string of the molecule is O=C(NCc1ccc(CN2CCCCC2)cc1)C1CCCN(Cc2nc(-c3cccc(Cl)c3)no2)C1. The molecule has 0 aliphatic carbocycles. The number of hydrogen-bond donors (Lipinski definition) is 1. The van der Waals surface area contributed by atoms with E-state index in [1.165, 1.54) is 37.9 Å². The highest BCUT2D eigenvalue weighted by molar-refractivity contribution is 6.30. The molecule has 1 aromatic heterocycles. The van der Waals surface area contributed by atoms with Crippen molar-refractivity contribution >= 4 is 17.5 Å². The minimum absolute atomic E-state index is 0.0348. The van der Waals surface area contributed by atoms with Crippen molar-refractivity contribution < 1.29 is 9.32 Å². The molecule has 2 saturated heterocycles. The van der Waals surface area contributed by atoms with Crippen LogP contribution < -0.4 is 5.32 Å². The van der Waals surface area contributed by atoms with Gasteiger partial charge in [0, 0.05) is 30.2 Å². The van der Waals surface area contributed by atoms with Crippen LogP contribution in [0.1, 0.15) is 49.1 Å². The zero-order valence-electron chi connectivity index (χ0n) is 20.7. The van der Waals surface area contributed by atoms with E-state index in [4.69, 9.17) is 16.1 Å². The van der Waals surface area contributed by atoms with Gasteiger partial charge in [-0.2, -0.15) is 4.98 Å². The quantitative estimate of drug-likeness (QED) is 0.467. The summed E-state index contributed by atoms with van der Waals surface area (Å²) < 4.78 is 5.47. The first kappa shape index (κ1) is 24.9. The maximum atomic E-state index is 12.9. The lowest BCUT2D eigenvalue weighted by molar-refractivity contribution is -0.127. The van der Waals surface area contributed by atoms with Gasteiger partial charge >= 0.3 is 0 Å². The summed E-state index contributed by atoms with van der Waals surface area (Å²) in [5.41, 5.74) is 3.31. The molecule has 8 heteroatoms. The van der Waals surface area contributed by atoms with E-state index < -0.39 is 0 Å². The highest BCUT2D eigenvalue weighted by Crippen LogP contribution is 2.22. The first-order valence-electron chi connectivity index (χ1n) is 13.0. The summed E-state index contributed by atoms with van der Waals surface area (Å²) in [6.45, 7) is 6.12. The van der Waals surface area contributed by atoms with Crippen molar-refractivity contribution in [2.24, 2.45) is 5.92 Å². The Morgan fingerprint density at radius 3 is 2.56 bits per heavy atom. The fourth-order valence-corrected chi connectivity index (χ4v) is 5.33. The number of rotatable bonds is 8. The average Bonchev–Trinajstić information content (AvgIpc) is 3.37. The van der Waals surface area contributed by atoms with Crippen molar-refractivity contribution in [3.05, 3.63) is 70.6 Å². The Morgan fingerprint density at radius 1 is 0.972 bits per heavy atom. The zero-order chi connectivity index (χ0) is 24.7. The molecule has 1 atom stereocenters. The topological polar surface area (TPSA) is 74.5 Å². The molecule has 0 bridgehead atoms. The molecule has 2 fully saturated rings. The van der Waals surface area contributed by atoms with Crippen LogP contribution in [0, 0.1) is 5.92 Å². The normalized spacial score (nSPS) is 19.3. The summed E-state index contributed by atoms with van der Waals surface area (Å²) in [4.78, 5) is 22.2. The Kier molecular flexibility index (Phi) is 8.31. The molecule has 36 heavy (non-hydrogen) atoms. The van der Waals surface area contributed by atoms with E-state index in [-0.39, 0.29) is 11.8 Å². The summed E-state index contributed by atoms with van der Waals surface area (Å²) in [6, 6.07) is 16.1. The van der Waals surface area contributed by atoms with E-state index >= 15 is 0 Å². The maximum Gasteiger partial charge on any atom is 0.241 e. The van der Waals surface area contributed by atoms with Gasteiger partial charge in [-0.05, 0) is 68.6 Å². The van der Waals surface area contributed by atoms with E-state index in [1.54, 1.807) is 0 Å². The lowest BCUT2D eigenvalue weighted by atomic mass is 9.97. The molecule has 0 spiro atoms. The van der Waals surface area contributed by atoms with E-state index in [1.807, 2.05) is 24.3 Å². The van der Waals surface area contributed by atoms with Gasteiger partial charge in [-0.15, -0.1) is 0 Å². The molecule has 1 amide bonds. The number of piperidine rings is 2. The lowest BCUT2D eigenvalue weighted by Gasteiger charge is -2.30. The van der Waals surface area contributed by atoms with Crippen LogP contribution in [0.2, 0.25) is 5.02 Å². The van der Waals surface area contributed by atoms with E-state index in [0.717, 1.165) is 37.1 Å². The average molecular weight is 508 g/mol. The number of halogens is 1. The fraction of sp³-hybridized carbons (Fsp3) is 0.464. The third-order valence-corrected chi connectivity index (χ3v) is 7.37. The van der Waals surface area contributed by atoms with Crippen molar-refractivity contribution in [2.45, 2.75) is 51.7 Å². The summed E-state index contributed by atoms with van der Waals surface area (Å²) in [6.07, 6.45) is 5.84. The molecule has 0 saturated carbocycles. The molecule has 2 aliphatic heterocycles. The number of benzene rings is 2. The van der Waals surface area contributed by atoms with Gasteiger partial charge in [0.05, 0.1) is 12.5 Å². The highest BCUT2D eigenvalue weighted by atomic mass is 35.5. The van der Waals surface area contributed by atoms with Gasteiger partial charge in [-0.25, -0.2) is 0 Å². The van der Waals surface area contributed by atoms with E-state index in [9.17, 15) is 4.79 Å². The zero-order valence-corrected chi connectivity index (χ0v) is 21.4. The number of aromatic nitrogens is 2. The van der Waals surface area contributed by atoms with Crippen molar-refractivity contribution in [1.29, 1.82) is 0 Å². The smallest absolute Gasteiger partial charge is 0.241 e. The third-order valence-electron chi connectivity index (χ3n) is 7.13. The highest BCUT2D eigenvalue weighted by Gasteiger charge is 2.27. The Labute approximate surface area is 217 Å². The van der Waals surface area contributed by atoms with Gasteiger partial charge in [0.15, 0.2) is 0 Å². The van der Waals surface area contributed by atoms with Gasteiger partial charge in [-0.1, -0.05) is 59.6 Å². The van der Waals surface area contributed by atoms with Crippen LogP contribution in [-0.2, 0) is 24.4 Å². The van der Waals surface area contributed by atoms with Crippen LogP contribution >= 0.6 is 11.6 Å². The van der Waals surface area contributed by atoms with Crippen molar-refractivity contribution in [2.75, 3.05) is 26.2 Å². The van der Waals surface area contributed by atoms with Crippen LogP contribution in [-0.4, -0.2) is 52.0 Å². The van der Waals surface area contributed by atoms with Crippen molar-refractivity contribution in [3.8, 4) is 11.4 Å². The molecule has 3 aromatic rings. The maximum absolute atomic E-state index is 12.9. The van der Waals surface area contributed by atoms with Crippen LogP contribution in [0.3, 0.4) is 0 Å². The number of carbonyl (C=O) groups is 1. The summed E-state index contributed by atoms with van der Waals surface area (Å²) >= 11 is 6.08. The second-order valence-corrected chi connectivity index (χ2v) is 10.4. The molecule has 2 aromatic carbocycles. The van der Waals surface area contributed by atoms with Crippen LogP contribution in [0.5, 0.6) is 0 Å². The Morgan fingerprint density at radius 2 is 1.75 bits per heavy atom. The second-order valence-electron chi connectivity index (χ2n) is 9.97. The molecule has 7 nitrogen and oxygen atoms in total. The number of carbonyl (C=O) groups excluding carboxylic acids is 1. The molecule has 5 rings (SSSR count). The fourth-order valence-electron chi connectivity index (χ4n) is 5.14. The minimum Gasteiger partial charge on any atom is -0.352 e. The molecular weight excluding hydrogens is 474 g/mol. The van der Waals surface area contributed by atoms with Crippen LogP contribution in [0.4, 0.5) is 0 Å². The molecule has 2 aliphatic rings. The molecule has 1 N–H and O–H groups in total. The van der Waals surface area contributed by atoms with Gasteiger partial charge in [0.2, 0.25) is 17.6 Å². The largest absolute Gasteiger partial charge is 0.352 e. The Bertz CT molecular complexity index is 1140. The predicted octanol–water partition coefficient (Wildman–Crippen LogP) is 4.90. The van der Waals surface area contributed by atoms with Crippen molar-refractivity contribution in [1.82, 2.24) is 25.3 Å². The standard InChI is InChI=1S/C28H34ClN5O2/c29-25-8-4-6-23(16-25)27-31-26(36-32-27)20-34-15-5-7-24(19-34)28(35)30-17-21-9-11-22(12-10-21)18-33-13-2-1-3-14-33/h4,6,8-12,16,24H,1-3,5,7,13-15,17-20H2,(H,30,35). The summed E-state index contributed by atoms with van der Waals surface area (Å²) in [5.74, 6) is 1.16. The van der Waals surface area contributed by atoms with E-state index in [2.05, 4.69) is 49.5 Å². The van der Waals surface area contributed by atoms with Gasteiger partial charge < -0.3 is 9.84 Å². The number of hydrogen-bond acceptors (Lipinski definition) is 6.